The van der Waals surface area contributed by atoms with Gasteiger partial charge in [-0.2, -0.15) is 0 Å². The van der Waals surface area contributed by atoms with E-state index in [1.807, 2.05) is 11.8 Å². The Hall–Kier alpha value is -0.510. The van der Waals surface area contributed by atoms with Crippen molar-refractivity contribution in [3.63, 3.8) is 0 Å². The molecule has 0 saturated heterocycles. The Balaban J connectivity index is 2.54. The minimum absolute atomic E-state index is 0.175. The fourth-order valence-corrected chi connectivity index (χ4v) is 3.35. The van der Waals surface area contributed by atoms with Gasteiger partial charge in [-0.05, 0) is 38.9 Å². The molecule has 0 aromatic heterocycles. The third kappa shape index (κ3) is 5.01. The van der Waals surface area contributed by atoms with Crippen LogP contribution in [-0.4, -0.2) is 29.0 Å². The first kappa shape index (κ1) is 15.5. The summed E-state index contributed by atoms with van der Waals surface area (Å²) in [6, 6.07) is 8.62. The van der Waals surface area contributed by atoms with Crippen molar-refractivity contribution in [3.05, 3.63) is 29.8 Å². The average molecular weight is 267 g/mol. The van der Waals surface area contributed by atoms with Gasteiger partial charge in [-0.1, -0.05) is 31.5 Å². The van der Waals surface area contributed by atoms with E-state index in [4.69, 9.17) is 0 Å². The lowest BCUT2D eigenvalue weighted by molar-refractivity contribution is 0.168. The van der Waals surface area contributed by atoms with E-state index in [2.05, 4.69) is 57.3 Å². The molecule has 0 saturated carbocycles. The molecule has 0 aliphatic carbocycles. The molecule has 0 spiro atoms. The van der Waals surface area contributed by atoms with Gasteiger partial charge >= 0.3 is 0 Å². The van der Waals surface area contributed by atoms with Crippen molar-refractivity contribution in [2.75, 3.05) is 13.2 Å². The predicted molar refractivity (Wildman–Crippen MR) is 80.3 cm³/mol. The normalized spacial score (nSPS) is 16.3. The van der Waals surface area contributed by atoms with Crippen molar-refractivity contribution in [1.82, 2.24) is 5.32 Å². The van der Waals surface area contributed by atoms with Crippen molar-refractivity contribution in [1.29, 1.82) is 0 Å². The van der Waals surface area contributed by atoms with Crippen LogP contribution in [0.1, 0.15) is 32.8 Å². The molecule has 0 amide bonds. The van der Waals surface area contributed by atoms with Crippen LogP contribution < -0.4 is 5.32 Å². The van der Waals surface area contributed by atoms with Gasteiger partial charge in [0.2, 0.25) is 0 Å². The summed E-state index contributed by atoms with van der Waals surface area (Å²) in [5.41, 5.74) is 1.12. The van der Waals surface area contributed by atoms with Gasteiger partial charge in [0.1, 0.15) is 0 Å². The summed E-state index contributed by atoms with van der Waals surface area (Å²) < 4.78 is 0. The molecule has 0 bridgehead atoms. The largest absolute Gasteiger partial charge is 0.394 e. The van der Waals surface area contributed by atoms with E-state index < -0.39 is 0 Å². The van der Waals surface area contributed by atoms with Crippen LogP contribution in [0.25, 0.3) is 0 Å². The SMILES string of the molecule is CCNC(C)(CO)CC(C)Sc1ccc(C)cc1. The van der Waals surface area contributed by atoms with Crippen LogP contribution in [0.5, 0.6) is 0 Å². The molecule has 3 heteroatoms. The van der Waals surface area contributed by atoms with Gasteiger partial charge in [0.05, 0.1) is 6.61 Å². The number of hydrogen-bond donors (Lipinski definition) is 2. The topological polar surface area (TPSA) is 32.3 Å². The molecular formula is C15H25NOS. The summed E-state index contributed by atoms with van der Waals surface area (Å²) in [5, 5.41) is 13.3. The summed E-state index contributed by atoms with van der Waals surface area (Å²) in [7, 11) is 0. The van der Waals surface area contributed by atoms with Gasteiger partial charge in [0.15, 0.2) is 0 Å². The minimum atomic E-state index is -0.175. The molecule has 1 aromatic rings. The number of thioether (sulfide) groups is 1. The zero-order valence-electron chi connectivity index (χ0n) is 11.9. The lowest BCUT2D eigenvalue weighted by Crippen LogP contribution is -2.47. The molecule has 0 radical (unpaired) electrons. The number of rotatable bonds is 7. The Morgan fingerprint density at radius 2 is 1.94 bits per heavy atom. The van der Waals surface area contributed by atoms with E-state index in [9.17, 15) is 5.11 Å². The summed E-state index contributed by atoms with van der Waals surface area (Å²) in [5.74, 6) is 0. The smallest absolute Gasteiger partial charge is 0.0611 e. The van der Waals surface area contributed by atoms with Crippen LogP contribution in [-0.2, 0) is 0 Å². The van der Waals surface area contributed by atoms with Gasteiger partial charge in [-0.25, -0.2) is 0 Å². The van der Waals surface area contributed by atoms with E-state index in [-0.39, 0.29) is 12.1 Å². The number of benzene rings is 1. The first-order valence-electron chi connectivity index (χ1n) is 6.58. The van der Waals surface area contributed by atoms with Crippen LogP contribution in [0.4, 0.5) is 0 Å². The van der Waals surface area contributed by atoms with Gasteiger partial charge in [0, 0.05) is 15.7 Å². The quantitative estimate of drug-likeness (QED) is 0.744. The molecular weight excluding hydrogens is 242 g/mol. The zero-order valence-corrected chi connectivity index (χ0v) is 12.7. The molecule has 0 heterocycles. The number of aryl methyl sites for hydroxylation is 1. The Bertz CT molecular complexity index is 352. The lowest BCUT2D eigenvalue weighted by atomic mass is 9.97. The Morgan fingerprint density at radius 1 is 1.33 bits per heavy atom. The van der Waals surface area contributed by atoms with Crippen molar-refractivity contribution < 1.29 is 5.11 Å². The molecule has 2 N–H and O–H groups in total. The second-order valence-corrected chi connectivity index (χ2v) is 6.71. The molecule has 1 rings (SSSR count). The van der Waals surface area contributed by atoms with Crippen molar-refractivity contribution in [3.8, 4) is 0 Å². The predicted octanol–water partition coefficient (Wildman–Crippen LogP) is 3.23. The van der Waals surface area contributed by atoms with E-state index >= 15 is 0 Å². The third-order valence-corrected chi connectivity index (χ3v) is 4.16. The Morgan fingerprint density at radius 3 is 2.44 bits per heavy atom. The summed E-state index contributed by atoms with van der Waals surface area (Å²) in [4.78, 5) is 1.30. The van der Waals surface area contributed by atoms with Crippen LogP contribution in [0.3, 0.4) is 0 Å². The number of nitrogens with one attached hydrogen (secondary N) is 1. The molecule has 2 unspecified atom stereocenters. The van der Waals surface area contributed by atoms with E-state index in [1.165, 1.54) is 10.5 Å². The first-order chi connectivity index (χ1) is 8.49. The Kier molecular flexibility index (Phi) is 6.19. The lowest BCUT2D eigenvalue weighted by Gasteiger charge is -2.31. The van der Waals surface area contributed by atoms with Gasteiger partial charge in [-0.3, -0.25) is 0 Å². The maximum absolute atomic E-state index is 9.50. The summed E-state index contributed by atoms with van der Waals surface area (Å²) >= 11 is 1.87. The van der Waals surface area contributed by atoms with Gasteiger partial charge in [-0.15, -0.1) is 11.8 Å². The Labute approximate surface area is 115 Å². The molecule has 2 atom stereocenters. The third-order valence-electron chi connectivity index (χ3n) is 3.05. The summed E-state index contributed by atoms with van der Waals surface area (Å²) in [6.45, 7) is 9.55. The second kappa shape index (κ2) is 7.17. The maximum atomic E-state index is 9.50. The molecule has 2 nitrogen and oxygen atoms in total. The standard InChI is InChI=1S/C15H25NOS/c1-5-16-15(4,11-17)10-13(3)18-14-8-6-12(2)7-9-14/h6-9,13,16-17H,5,10-11H2,1-4H3. The van der Waals surface area contributed by atoms with Crippen LogP contribution in [0, 0.1) is 6.92 Å². The van der Waals surface area contributed by atoms with Crippen LogP contribution in [0.2, 0.25) is 0 Å². The highest BCUT2D eigenvalue weighted by molar-refractivity contribution is 7.99. The van der Waals surface area contributed by atoms with E-state index in [0.29, 0.717) is 5.25 Å². The fraction of sp³-hybridized carbons (Fsp3) is 0.600. The van der Waals surface area contributed by atoms with Gasteiger partial charge in [0.25, 0.3) is 0 Å². The van der Waals surface area contributed by atoms with Gasteiger partial charge < -0.3 is 10.4 Å². The molecule has 0 aliphatic heterocycles. The van der Waals surface area contributed by atoms with Crippen molar-refractivity contribution in [2.24, 2.45) is 0 Å². The zero-order chi connectivity index (χ0) is 13.6. The second-order valence-electron chi connectivity index (χ2n) is 5.19. The number of likely N-dealkylation sites (N-methyl/N-ethyl adjacent to an activating group) is 1. The monoisotopic (exact) mass is 267 g/mol. The highest BCUT2D eigenvalue weighted by Crippen LogP contribution is 2.28. The number of aliphatic hydroxyl groups excluding tert-OH is 1. The highest BCUT2D eigenvalue weighted by atomic mass is 32.2. The van der Waals surface area contributed by atoms with Crippen molar-refractivity contribution >= 4 is 11.8 Å². The van der Waals surface area contributed by atoms with Crippen LogP contribution in [0.15, 0.2) is 29.2 Å². The maximum Gasteiger partial charge on any atom is 0.0611 e. The molecule has 0 aliphatic rings. The minimum Gasteiger partial charge on any atom is -0.394 e. The fourth-order valence-electron chi connectivity index (χ4n) is 2.14. The highest BCUT2D eigenvalue weighted by Gasteiger charge is 2.24. The first-order valence-corrected chi connectivity index (χ1v) is 7.46. The van der Waals surface area contributed by atoms with E-state index in [1.54, 1.807) is 0 Å². The molecule has 18 heavy (non-hydrogen) atoms. The molecule has 1 aromatic carbocycles. The number of aliphatic hydroxyl groups is 1. The van der Waals surface area contributed by atoms with Crippen LogP contribution >= 0.6 is 11.8 Å². The van der Waals surface area contributed by atoms with E-state index in [0.717, 1.165) is 13.0 Å². The summed E-state index contributed by atoms with van der Waals surface area (Å²) in [6.07, 6.45) is 0.954. The number of hydrogen-bond acceptors (Lipinski definition) is 3. The molecule has 0 fully saturated rings. The average Bonchev–Trinajstić information content (AvgIpc) is 2.32. The van der Waals surface area contributed by atoms with Crippen molar-refractivity contribution in [2.45, 2.75) is 49.8 Å². The molecule has 102 valence electrons.